The van der Waals surface area contributed by atoms with Crippen molar-refractivity contribution in [2.75, 3.05) is 19.8 Å². The van der Waals surface area contributed by atoms with E-state index in [-0.39, 0.29) is 17.4 Å². The Kier molecular flexibility index (Phi) is 7.87. The second-order valence-corrected chi connectivity index (χ2v) is 8.63. The number of ether oxygens (including phenoxy) is 2. The molecule has 166 valence electrons. The van der Waals surface area contributed by atoms with E-state index in [0.717, 1.165) is 11.3 Å². The van der Waals surface area contributed by atoms with Crippen molar-refractivity contribution in [1.82, 2.24) is 4.90 Å². The zero-order valence-corrected chi connectivity index (χ0v) is 19.0. The van der Waals surface area contributed by atoms with Gasteiger partial charge in [0.25, 0.3) is 11.7 Å². The summed E-state index contributed by atoms with van der Waals surface area (Å²) < 4.78 is 11.2. The molecule has 2 aromatic rings. The van der Waals surface area contributed by atoms with Crippen molar-refractivity contribution in [2.24, 2.45) is 0 Å². The molecular weight excluding hydrogens is 414 g/mol. The van der Waals surface area contributed by atoms with Crippen molar-refractivity contribution < 1.29 is 24.2 Å². The number of aliphatic hydroxyl groups excluding tert-OH is 1. The minimum absolute atomic E-state index is 0.104. The highest BCUT2D eigenvalue weighted by molar-refractivity contribution is 7.10. The normalized spacial score (nSPS) is 18.2. The summed E-state index contributed by atoms with van der Waals surface area (Å²) in [6, 6.07) is 10.1. The Balaban J connectivity index is 1.91. The van der Waals surface area contributed by atoms with E-state index in [1.54, 1.807) is 29.2 Å². The molecule has 1 aliphatic rings. The van der Waals surface area contributed by atoms with Crippen LogP contribution < -0.4 is 4.74 Å². The smallest absolute Gasteiger partial charge is 0.295 e. The lowest BCUT2D eigenvalue weighted by Crippen LogP contribution is -2.31. The van der Waals surface area contributed by atoms with Crippen LogP contribution in [0.25, 0.3) is 5.76 Å². The second-order valence-electron chi connectivity index (χ2n) is 7.65. The topological polar surface area (TPSA) is 76.1 Å². The summed E-state index contributed by atoms with van der Waals surface area (Å²) in [6.07, 6.45) is 1.61. The quantitative estimate of drug-likeness (QED) is 0.248. The summed E-state index contributed by atoms with van der Waals surface area (Å²) in [4.78, 5) is 28.1. The van der Waals surface area contributed by atoms with Crippen LogP contribution in [0, 0.1) is 0 Å². The van der Waals surface area contributed by atoms with E-state index in [1.165, 1.54) is 11.3 Å². The van der Waals surface area contributed by atoms with Crippen molar-refractivity contribution in [3.63, 3.8) is 0 Å². The minimum atomic E-state index is -0.660. The van der Waals surface area contributed by atoms with Gasteiger partial charge in [-0.2, -0.15) is 0 Å². The van der Waals surface area contributed by atoms with Crippen LogP contribution in [0.4, 0.5) is 0 Å². The molecule has 0 bridgehead atoms. The van der Waals surface area contributed by atoms with E-state index in [9.17, 15) is 14.7 Å². The predicted molar refractivity (Wildman–Crippen MR) is 121 cm³/mol. The fourth-order valence-corrected chi connectivity index (χ4v) is 4.34. The van der Waals surface area contributed by atoms with E-state index < -0.39 is 17.7 Å². The fraction of sp³-hybridized carbons (Fsp3) is 0.417. The highest BCUT2D eigenvalue weighted by Gasteiger charge is 2.46. The molecule has 1 fully saturated rings. The Hall–Kier alpha value is -2.64. The predicted octanol–water partition coefficient (Wildman–Crippen LogP) is 4.77. The Morgan fingerprint density at radius 3 is 2.52 bits per heavy atom. The van der Waals surface area contributed by atoms with Crippen LogP contribution in [0.15, 0.2) is 47.4 Å². The van der Waals surface area contributed by atoms with Crippen LogP contribution in [0.1, 0.15) is 50.1 Å². The number of hydrogen-bond acceptors (Lipinski definition) is 6. The Morgan fingerprint density at radius 1 is 1.16 bits per heavy atom. The van der Waals surface area contributed by atoms with E-state index in [0.29, 0.717) is 37.5 Å². The van der Waals surface area contributed by atoms with Crippen LogP contribution in [-0.4, -0.2) is 47.6 Å². The highest BCUT2D eigenvalue weighted by Crippen LogP contribution is 2.41. The van der Waals surface area contributed by atoms with Gasteiger partial charge >= 0.3 is 0 Å². The van der Waals surface area contributed by atoms with Crippen molar-refractivity contribution in [3.8, 4) is 5.75 Å². The third-order valence-corrected chi connectivity index (χ3v) is 5.87. The largest absolute Gasteiger partial charge is 0.507 e. The summed E-state index contributed by atoms with van der Waals surface area (Å²) in [5, 5.41) is 12.9. The lowest BCUT2D eigenvalue weighted by molar-refractivity contribution is -0.140. The Labute approximate surface area is 187 Å². The first-order valence-corrected chi connectivity index (χ1v) is 11.5. The number of ketones is 1. The fourth-order valence-electron chi connectivity index (χ4n) is 3.49. The number of likely N-dealkylation sites (tertiary alicyclic amines) is 1. The molecule has 0 aliphatic carbocycles. The third kappa shape index (κ3) is 5.35. The number of thiophene rings is 1. The monoisotopic (exact) mass is 443 g/mol. The Bertz CT molecular complexity index is 918. The maximum Gasteiger partial charge on any atom is 0.295 e. The maximum atomic E-state index is 12.9. The maximum absolute atomic E-state index is 12.9. The van der Waals surface area contributed by atoms with E-state index >= 15 is 0 Å². The molecule has 6 nitrogen and oxygen atoms in total. The number of rotatable bonds is 10. The van der Waals surface area contributed by atoms with Crippen LogP contribution in [0.3, 0.4) is 0 Å². The van der Waals surface area contributed by atoms with Gasteiger partial charge in [0.2, 0.25) is 0 Å². The number of nitrogens with zero attached hydrogens (tertiary/aromatic N) is 1. The molecule has 1 atom stereocenters. The number of carbonyl (C=O) groups is 2. The lowest BCUT2D eigenvalue weighted by atomic mass is 10.00. The first kappa shape index (κ1) is 23.0. The average Bonchev–Trinajstić information content (AvgIpc) is 3.37. The molecule has 2 heterocycles. The van der Waals surface area contributed by atoms with Gasteiger partial charge in [0.05, 0.1) is 24.3 Å². The van der Waals surface area contributed by atoms with Gasteiger partial charge in [-0.15, -0.1) is 11.3 Å². The lowest BCUT2D eigenvalue weighted by Gasteiger charge is -2.24. The first-order chi connectivity index (χ1) is 14.9. The first-order valence-electron chi connectivity index (χ1n) is 10.6. The van der Waals surface area contributed by atoms with E-state index in [2.05, 4.69) is 0 Å². The van der Waals surface area contributed by atoms with Gasteiger partial charge < -0.3 is 19.5 Å². The molecule has 1 saturated heterocycles. The van der Waals surface area contributed by atoms with Crippen LogP contribution in [0.2, 0.25) is 0 Å². The van der Waals surface area contributed by atoms with Gasteiger partial charge in [-0.3, -0.25) is 9.59 Å². The number of benzene rings is 1. The molecule has 1 unspecified atom stereocenters. The van der Waals surface area contributed by atoms with E-state index in [1.807, 2.05) is 38.3 Å². The molecule has 1 aliphatic heterocycles. The highest BCUT2D eigenvalue weighted by atomic mass is 32.1. The number of amides is 1. The molecule has 1 aromatic heterocycles. The average molecular weight is 444 g/mol. The van der Waals surface area contributed by atoms with Gasteiger partial charge in [-0.05, 0) is 62.4 Å². The molecule has 0 spiro atoms. The second kappa shape index (κ2) is 10.6. The van der Waals surface area contributed by atoms with Crippen molar-refractivity contribution in [2.45, 2.75) is 45.8 Å². The number of carbonyl (C=O) groups excluding carboxylic acids is 2. The van der Waals surface area contributed by atoms with Crippen molar-refractivity contribution in [3.05, 3.63) is 57.8 Å². The van der Waals surface area contributed by atoms with Gasteiger partial charge in [0.15, 0.2) is 0 Å². The standard InChI is InChI=1S/C24H29NO5S/c1-4-13-30-18-10-8-17(9-11-18)22(26)20-21(19-7-5-15-31-19)25(24(28)23(20)27)12-6-14-29-16(2)3/h5,7-11,15-16,21,26H,4,6,12-14H2,1-3H3/b22-20-. The van der Waals surface area contributed by atoms with Crippen molar-refractivity contribution >= 4 is 28.8 Å². The van der Waals surface area contributed by atoms with Gasteiger partial charge in [-0.1, -0.05) is 13.0 Å². The molecule has 0 radical (unpaired) electrons. The number of hydrogen-bond donors (Lipinski definition) is 1. The molecule has 3 rings (SSSR count). The molecule has 31 heavy (non-hydrogen) atoms. The molecule has 0 saturated carbocycles. The zero-order valence-electron chi connectivity index (χ0n) is 18.2. The van der Waals surface area contributed by atoms with Crippen LogP contribution >= 0.6 is 11.3 Å². The van der Waals surface area contributed by atoms with Crippen LogP contribution in [-0.2, 0) is 14.3 Å². The summed E-state index contributed by atoms with van der Waals surface area (Å²) >= 11 is 1.46. The van der Waals surface area contributed by atoms with E-state index in [4.69, 9.17) is 9.47 Å². The third-order valence-electron chi connectivity index (χ3n) is 4.95. The van der Waals surface area contributed by atoms with Gasteiger partial charge in [-0.25, -0.2) is 0 Å². The number of aliphatic hydroxyl groups is 1. The number of Topliss-reactive ketones (excluding diaryl/α,β-unsaturated/α-hetero) is 1. The van der Waals surface area contributed by atoms with Gasteiger partial charge in [0.1, 0.15) is 11.5 Å². The Morgan fingerprint density at radius 2 is 1.90 bits per heavy atom. The molecule has 1 amide bonds. The molecular formula is C24H29NO5S. The summed E-state index contributed by atoms with van der Waals surface area (Å²) in [5.74, 6) is -0.724. The van der Waals surface area contributed by atoms with Crippen LogP contribution in [0.5, 0.6) is 5.75 Å². The summed E-state index contributed by atoms with van der Waals surface area (Å²) in [6.45, 7) is 7.42. The zero-order chi connectivity index (χ0) is 22.4. The van der Waals surface area contributed by atoms with Crippen molar-refractivity contribution in [1.29, 1.82) is 0 Å². The minimum Gasteiger partial charge on any atom is -0.507 e. The SMILES string of the molecule is CCCOc1ccc(/C(O)=C2/C(=O)C(=O)N(CCCOC(C)C)C2c2cccs2)cc1. The summed E-state index contributed by atoms with van der Waals surface area (Å²) in [5.41, 5.74) is 0.603. The summed E-state index contributed by atoms with van der Waals surface area (Å²) in [7, 11) is 0. The molecule has 7 heteroatoms. The molecule has 1 aromatic carbocycles. The molecule has 1 N–H and O–H groups in total. The van der Waals surface area contributed by atoms with Gasteiger partial charge in [0, 0.05) is 23.6 Å².